The molecule has 0 saturated heterocycles. The zero-order valence-corrected chi connectivity index (χ0v) is 11.1. The summed E-state index contributed by atoms with van der Waals surface area (Å²) < 4.78 is 10.7. The molecule has 2 aromatic carbocycles. The Hall–Kier alpha value is -2.18. The fourth-order valence-electron chi connectivity index (χ4n) is 1.56. The first-order valence-electron chi connectivity index (χ1n) is 5.68. The van der Waals surface area contributed by atoms with Gasteiger partial charge in [0.1, 0.15) is 24.2 Å². The molecule has 0 saturated carbocycles. The fourth-order valence-corrected chi connectivity index (χ4v) is 1.78. The van der Waals surface area contributed by atoms with Crippen LogP contribution in [0.15, 0.2) is 42.5 Å². The van der Waals surface area contributed by atoms with E-state index in [1.807, 2.05) is 30.3 Å². The minimum absolute atomic E-state index is 0.398. The van der Waals surface area contributed by atoms with Crippen molar-refractivity contribution in [1.29, 1.82) is 5.26 Å². The summed E-state index contributed by atoms with van der Waals surface area (Å²) in [6.45, 7) is 0.437. The lowest BCUT2D eigenvalue weighted by atomic mass is 10.2. The summed E-state index contributed by atoms with van der Waals surface area (Å²) >= 11 is 5.93. The molecule has 0 N–H and O–H groups in total. The highest BCUT2D eigenvalue weighted by Gasteiger charge is 2.02. The van der Waals surface area contributed by atoms with E-state index in [1.54, 1.807) is 25.3 Å². The Morgan fingerprint density at radius 2 is 1.79 bits per heavy atom. The van der Waals surface area contributed by atoms with Gasteiger partial charge in [-0.3, -0.25) is 0 Å². The molecule has 2 aromatic rings. The van der Waals surface area contributed by atoms with Gasteiger partial charge in [-0.2, -0.15) is 5.26 Å². The van der Waals surface area contributed by atoms with Crippen LogP contribution in [-0.2, 0) is 6.61 Å². The van der Waals surface area contributed by atoms with Gasteiger partial charge in [-0.05, 0) is 29.8 Å². The van der Waals surface area contributed by atoms with Crippen LogP contribution in [0.2, 0.25) is 5.02 Å². The van der Waals surface area contributed by atoms with Gasteiger partial charge in [-0.15, -0.1) is 0 Å². The van der Waals surface area contributed by atoms with Gasteiger partial charge in [-0.25, -0.2) is 0 Å². The number of hydrogen-bond acceptors (Lipinski definition) is 3. The topological polar surface area (TPSA) is 42.2 Å². The van der Waals surface area contributed by atoms with Crippen LogP contribution in [-0.4, -0.2) is 7.11 Å². The first kappa shape index (κ1) is 13.3. The lowest BCUT2D eigenvalue weighted by molar-refractivity contribution is 0.306. The van der Waals surface area contributed by atoms with Gasteiger partial charge in [-0.1, -0.05) is 23.7 Å². The highest BCUT2D eigenvalue weighted by molar-refractivity contribution is 6.31. The summed E-state index contributed by atoms with van der Waals surface area (Å²) in [6.07, 6.45) is 0. The van der Waals surface area contributed by atoms with Gasteiger partial charge >= 0.3 is 0 Å². The van der Waals surface area contributed by atoms with E-state index in [0.29, 0.717) is 22.9 Å². The van der Waals surface area contributed by atoms with Crippen molar-refractivity contribution in [2.45, 2.75) is 6.61 Å². The van der Waals surface area contributed by atoms with Crippen LogP contribution in [0.3, 0.4) is 0 Å². The van der Waals surface area contributed by atoms with Crippen LogP contribution in [0.25, 0.3) is 0 Å². The third-order valence-electron chi connectivity index (χ3n) is 2.63. The summed E-state index contributed by atoms with van der Waals surface area (Å²) in [5, 5.41) is 9.18. The second-order valence-corrected chi connectivity index (χ2v) is 4.30. The van der Waals surface area contributed by atoms with Crippen LogP contribution in [0.1, 0.15) is 11.1 Å². The number of benzene rings is 2. The standard InChI is InChI=1S/C15H12ClNO2/c1-18-13-5-2-11(3-6-13)10-19-14-7-4-12(9-17)15(16)8-14/h2-8H,10H2,1H3. The van der Waals surface area contributed by atoms with Crippen molar-refractivity contribution in [3.63, 3.8) is 0 Å². The van der Waals surface area contributed by atoms with Gasteiger partial charge in [0.05, 0.1) is 17.7 Å². The molecule has 2 rings (SSSR count). The zero-order valence-electron chi connectivity index (χ0n) is 10.4. The maximum atomic E-state index is 8.78. The fraction of sp³-hybridized carbons (Fsp3) is 0.133. The maximum Gasteiger partial charge on any atom is 0.121 e. The number of methoxy groups -OCH3 is 1. The molecule has 0 unspecified atom stereocenters. The lowest BCUT2D eigenvalue weighted by Gasteiger charge is -2.07. The quantitative estimate of drug-likeness (QED) is 0.851. The SMILES string of the molecule is COc1ccc(COc2ccc(C#N)c(Cl)c2)cc1. The number of hydrogen-bond donors (Lipinski definition) is 0. The monoisotopic (exact) mass is 273 g/mol. The molecule has 0 atom stereocenters. The molecule has 0 spiro atoms. The van der Waals surface area contributed by atoms with Crippen molar-refractivity contribution >= 4 is 11.6 Å². The lowest BCUT2D eigenvalue weighted by Crippen LogP contribution is -1.95. The Morgan fingerprint density at radius 1 is 1.11 bits per heavy atom. The van der Waals surface area contributed by atoms with E-state index >= 15 is 0 Å². The smallest absolute Gasteiger partial charge is 0.121 e. The van der Waals surface area contributed by atoms with Crippen LogP contribution in [0.5, 0.6) is 11.5 Å². The van der Waals surface area contributed by atoms with E-state index in [4.69, 9.17) is 26.3 Å². The molecule has 0 fully saturated rings. The number of nitriles is 1. The first-order chi connectivity index (χ1) is 9.22. The van der Waals surface area contributed by atoms with Crippen molar-refractivity contribution in [2.75, 3.05) is 7.11 Å². The van der Waals surface area contributed by atoms with Gasteiger partial charge in [0.15, 0.2) is 0 Å². The van der Waals surface area contributed by atoms with E-state index in [9.17, 15) is 0 Å². The molecule has 0 amide bonds. The molecular weight excluding hydrogens is 262 g/mol. The Morgan fingerprint density at radius 3 is 2.37 bits per heavy atom. The molecule has 4 heteroatoms. The Bertz CT molecular complexity index is 603. The molecule has 0 radical (unpaired) electrons. The second-order valence-electron chi connectivity index (χ2n) is 3.89. The molecule has 96 valence electrons. The van der Waals surface area contributed by atoms with Gasteiger partial charge in [0.25, 0.3) is 0 Å². The summed E-state index contributed by atoms with van der Waals surface area (Å²) in [4.78, 5) is 0. The van der Waals surface area contributed by atoms with Crippen molar-refractivity contribution in [1.82, 2.24) is 0 Å². The molecule has 0 aliphatic heterocycles. The minimum atomic E-state index is 0.398. The number of ether oxygens (including phenoxy) is 2. The van der Waals surface area contributed by atoms with E-state index in [1.165, 1.54) is 0 Å². The summed E-state index contributed by atoms with van der Waals surface area (Å²) in [5.74, 6) is 1.45. The average molecular weight is 274 g/mol. The number of halogens is 1. The van der Waals surface area contributed by atoms with E-state index < -0.39 is 0 Å². The molecule has 0 aliphatic carbocycles. The molecular formula is C15H12ClNO2. The largest absolute Gasteiger partial charge is 0.497 e. The highest BCUT2D eigenvalue weighted by atomic mass is 35.5. The van der Waals surface area contributed by atoms with Crippen molar-refractivity contribution in [2.24, 2.45) is 0 Å². The van der Waals surface area contributed by atoms with Crippen LogP contribution >= 0.6 is 11.6 Å². The van der Waals surface area contributed by atoms with E-state index in [-0.39, 0.29) is 0 Å². The second kappa shape index (κ2) is 6.12. The Labute approximate surface area is 117 Å². The molecule has 0 aromatic heterocycles. The molecule has 19 heavy (non-hydrogen) atoms. The molecule has 0 aliphatic rings. The average Bonchev–Trinajstić information content (AvgIpc) is 2.46. The summed E-state index contributed by atoms with van der Waals surface area (Å²) in [5.41, 5.74) is 1.47. The summed E-state index contributed by atoms with van der Waals surface area (Å²) in [7, 11) is 1.63. The van der Waals surface area contributed by atoms with Crippen molar-refractivity contribution < 1.29 is 9.47 Å². The first-order valence-corrected chi connectivity index (χ1v) is 6.06. The molecule has 0 heterocycles. The number of rotatable bonds is 4. The predicted molar refractivity (Wildman–Crippen MR) is 73.5 cm³/mol. The van der Waals surface area contributed by atoms with Crippen molar-refractivity contribution in [3.8, 4) is 17.6 Å². The van der Waals surface area contributed by atoms with Gasteiger partial charge < -0.3 is 9.47 Å². The predicted octanol–water partition coefficient (Wildman–Crippen LogP) is 3.80. The zero-order chi connectivity index (χ0) is 13.7. The Kier molecular flexibility index (Phi) is 4.27. The normalized spacial score (nSPS) is 9.74. The van der Waals surface area contributed by atoms with Crippen LogP contribution in [0.4, 0.5) is 0 Å². The molecule has 0 bridgehead atoms. The number of nitrogens with zero attached hydrogens (tertiary/aromatic N) is 1. The maximum absolute atomic E-state index is 8.78. The Balaban J connectivity index is 2.02. The van der Waals surface area contributed by atoms with Crippen LogP contribution < -0.4 is 9.47 Å². The molecule has 3 nitrogen and oxygen atoms in total. The highest BCUT2D eigenvalue weighted by Crippen LogP contribution is 2.23. The van der Waals surface area contributed by atoms with Crippen LogP contribution in [0, 0.1) is 11.3 Å². The van der Waals surface area contributed by atoms with Crippen molar-refractivity contribution in [3.05, 3.63) is 58.6 Å². The summed E-state index contributed by atoms with van der Waals surface area (Å²) in [6, 6.07) is 14.7. The minimum Gasteiger partial charge on any atom is -0.497 e. The van der Waals surface area contributed by atoms with E-state index in [0.717, 1.165) is 11.3 Å². The third-order valence-corrected chi connectivity index (χ3v) is 2.94. The van der Waals surface area contributed by atoms with Gasteiger partial charge in [0.2, 0.25) is 0 Å². The third kappa shape index (κ3) is 3.40. The van der Waals surface area contributed by atoms with Gasteiger partial charge in [0, 0.05) is 6.07 Å². The van der Waals surface area contributed by atoms with E-state index in [2.05, 4.69) is 0 Å².